The van der Waals surface area contributed by atoms with Crippen LogP contribution < -0.4 is 16.2 Å². The largest absolute Gasteiger partial charge is 0.399 e. The van der Waals surface area contributed by atoms with Crippen LogP contribution in [-0.4, -0.2) is 20.2 Å². The van der Waals surface area contributed by atoms with Crippen LogP contribution in [0.5, 0.6) is 0 Å². The monoisotopic (exact) mass is 271 g/mol. The number of nitrogens with one attached hydrogen (secondary N) is 1. The van der Waals surface area contributed by atoms with Gasteiger partial charge in [0.1, 0.15) is 0 Å². The standard InChI is InChI=1S/C12H21N3O2S/c1-3-11(6-7-13)18(16,17)15-10-4-5-12(14)9(2)8-10/h4-5,8,11,15H,3,6-7,13-14H2,1-2H3. The summed E-state index contributed by atoms with van der Waals surface area (Å²) in [5.74, 6) is 0. The summed E-state index contributed by atoms with van der Waals surface area (Å²) in [4.78, 5) is 0. The van der Waals surface area contributed by atoms with Crippen LogP contribution in [0.3, 0.4) is 0 Å². The maximum atomic E-state index is 12.1. The number of hydrogen-bond donors (Lipinski definition) is 3. The molecule has 0 saturated carbocycles. The van der Waals surface area contributed by atoms with E-state index in [1.165, 1.54) is 0 Å². The van der Waals surface area contributed by atoms with Crippen LogP contribution in [0.4, 0.5) is 11.4 Å². The summed E-state index contributed by atoms with van der Waals surface area (Å²) in [6.07, 6.45) is 1.00. The van der Waals surface area contributed by atoms with Crippen LogP contribution in [0, 0.1) is 6.92 Å². The van der Waals surface area contributed by atoms with E-state index < -0.39 is 15.3 Å². The first-order valence-corrected chi connectivity index (χ1v) is 7.53. The van der Waals surface area contributed by atoms with Crippen molar-refractivity contribution in [3.8, 4) is 0 Å². The number of aryl methyl sites for hydroxylation is 1. The lowest BCUT2D eigenvalue weighted by molar-refractivity contribution is 0.573. The fraction of sp³-hybridized carbons (Fsp3) is 0.500. The molecule has 0 aliphatic rings. The average Bonchev–Trinajstić information content (AvgIpc) is 2.30. The Morgan fingerprint density at radius 2 is 2.06 bits per heavy atom. The van der Waals surface area contributed by atoms with Crippen molar-refractivity contribution in [2.45, 2.75) is 31.9 Å². The van der Waals surface area contributed by atoms with Gasteiger partial charge in [-0.05, 0) is 50.1 Å². The van der Waals surface area contributed by atoms with E-state index in [0.717, 1.165) is 5.56 Å². The third-order valence-electron chi connectivity index (χ3n) is 2.91. The minimum absolute atomic E-state index is 0.361. The van der Waals surface area contributed by atoms with E-state index in [9.17, 15) is 8.42 Å². The summed E-state index contributed by atoms with van der Waals surface area (Å²) in [7, 11) is -3.39. The smallest absolute Gasteiger partial charge is 0.235 e. The molecule has 1 unspecified atom stereocenters. The van der Waals surface area contributed by atoms with Crippen molar-refractivity contribution < 1.29 is 8.42 Å². The number of sulfonamides is 1. The van der Waals surface area contributed by atoms with Gasteiger partial charge in [0.2, 0.25) is 10.0 Å². The first-order valence-electron chi connectivity index (χ1n) is 5.98. The maximum absolute atomic E-state index is 12.1. The van der Waals surface area contributed by atoms with Gasteiger partial charge >= 0.3 is 0 Å². The van der Waals surface area contributed by atoms with E-state index >= 15 is 0 Å². The highest BCUT2D eigenvalue weighted by Gasteiger charge is 2.22. The number of nitrogens with two attached hydrogens (primary N) is 2. The summed E-state index contributed by atoms with van der Waals surface area (Å²) in [6, 6.07) is 5.08. The van der Waals surface area contributed by atoms with Gasteiger partial charge in [0.15, 0.2) is 0 Å². The number of benzene rings is 1. The number of hydrogen-bond acceptors (Lipinski definition) is 4. The van der Waals surface area contributed by atoms with Crippen LogP contribution in [0.2, 0.25) is 0 Å². The normalized spacial score (nSPS) is 13.3. The summed E-state index contributed by atoms with van der Waals surface area (Å²) < 4.78 is 26.8. The molecule has 0 heterocycles. The molecule has 1 aromatic rings. The highest BCUT2D eigenvalue weighted by Crippen LogP contribution is 2.20. The first-order chi connectivity index (χ1) is 8.40. The van der Waals surface area contributed by atoms with E-state index in [-0.39, 0.29) is 0 Å². The highest BCUT2D eigenvalue weighted by molar-refractivity contribution is 7.93. The molecular weight excluding hydrogens is 250 g/mol. The van der Waals surface area contributed by atoms with Crippen molar-refractivity contribution in [3.63, 3.8) is 0 Å². The molecule has 0 aliphatic carbocycles. The molecule has 1 aromatic carbocycles. The summed E-state index contributed by atoms with van der Waals surface area (Å²) in [6.45, 7) is 4.04. The Bertz CT molecular complexity index is 500. The number of rotatable bonds is 6. The first kappa shape index (κ1) is 14.8. The molecule has 0 aliphatic heterocycles. The molecule has 0 radical (unpaired) electrons. The van der Waals surface area contributed by atoms with Crippen molar-refractivity contribution in [1.82, 2.24) is 0 Å². The second-order valence-corrected chi connectivity index (χ2v) is 6.29. The Morgan fingerprint density at radius 1 is 1.39 bits per heavy atom. The predicted octanol–water partition coefficient (Wildman–Crippen LogP) is 1.45. The van der Waals surface area contributed by atoms with Crippen molar-refractivity contribution in [2.24, 2.45) is 5.73 Å². The van der Waals surface area contributed by atoms with Gasteiger partial charge in [-0.25, -0.2) is 8.42 Å². The van der Waals surface area contributed by atoms with Crippen LogP contribution >= 0.6 is 0 Å². The summed E-state index contributed by atoms with van der Waals surface area (Å²) in [5, 5.41) is -0.458. The van der Waals surface area contributed by atoms with Gasteiger partial charge < -0.3 is 11.5 Å². The lowest BCUT2D eigenvalue weighted by Gasteiger charge is -2.17. The van der Waals surface area contributed by atoms with E-state index in [2.05, 4.69) is 4.72 Å². The molecule has 1 atom stereocenters. The van der Waals surface area contributed by atoms with Gasteiger partial charge in [0.25, 0.3) is 0 Å². The number of anilines is 2. The molecule has 0 fully saturated rings. The van der Waals surface area contributed by atoms with Crippen molar-refractivity contribution in [2.75, 3.05) is 17.0 Å². The maximum Gasteiger partial charge on any atom is 0.235 e. The molecule has 6 heteroatoms. The zero-order valence-corrected chi connectivity index (χ0v) is 11.6. The topological polar surface area (TPSA) is 98.2 Å². The minimum atomic E-state index is -3.39. The third-order valence-corrected chi connectivity index (χ3v) is 4.88. The molecule has 5 nitrogen and oxygen atoms in total. The summed E-state index contributed by atoms with van der Waals surface area (Å²) in [5.41, 5.74) is 13.2. The zero-order valence-electron chi connectivity index (χ0n) is 10.8. The van der Waals surface area contributed by atoms with Gasteiger partial charge in [-0.15, -0.1) is 0 Å². The molecule has 1 rings (SSSR count). The lowest BCUT2D eigenvalue weighted by Crippen LogP contribution is -2.29. The Labute approximate surface area is 109 Å². The second kappa shape index (κ2) is 6.06. The van der Waals surface area contributed by atoms with E-state index in [0.29, 0.717) is 30.8 Å². The second-order valence-electron chi connectivity index (χ2n) is 4.33. The van der Waals surface area contributed by atoms with E-state index in [1.807, 2.05) is 13.8 Å². The highest BCUT2D eigenvalue weighted by atomic mass is 32.2. The molecule has 0 amide bonds. The Hall–Kier alpha value is -1.27. The van der Waals surface area contributed by atoms with Gasteiger partial charge in [-0.1, -0.05) is 6.92 Å². The fourth-order valence-corrected chi connectivity index (χ4v) is 3.26. The van der Waals surface area contributed by atoms with Gasteiger partial charge in [0, 0.05) is 11.4 Å². The molecule has 102 valence electrons. The quantitative estimate of drug-likeness (QED) is 0.682. The van der Waals surface area contributed by atoms with Crippen molar-refractivity contribution >= 4 is 21.4 Å². The molecule has 0 aromatic heterocycles. The molecule has 18 heavy (non-hydrogen) atoms. The molecule has 5 N–H and O–H groups in total. The van der Waals surface area contributed by atoms with Gasteiger partial charge in [0.05, 0.1) is 5.25 Å². The van der Waals surface area contributed by atoms with Crippen LogP contribution in [0.1, 0.15) is 25.3 Å². The average molecular weight is 271 g/mol. The van der Waals surface area contributed by atoms with E-state index in [1.54, 1.807) is 18.2 Å². The summed E-state index contributed by atoms with van der Waals surface area (Å²) >= 11 is 0. The Balaban J connectivity index is 2.90. The lowest BCUT2D eigenvalue weighted by atomic mass is 10.2. The molecule has 0 saturated heterocycles. The van der Waals surface area contributed by atoms with Crippen LogP contribution in [0.25, 0.3) is 0 Å². The molecular formula is C12H21N3O2S. The Kier molecular flexibility index (Phi) is 4.98. The molecule has 0 spiro atoms. The minimum Gasteiger partial charge on any atom is -0.399 e. The van der Waals surface area contributed by atoms with Crippen LogP contribution in [-0.2, 0) is 10.0 Å². The van der Waals surface area contributed by atoms with Crippen LogP contribution in [0.15, 0.2) is 18.2 Å². The predicted molar refractivity (Wildman–Crippen MR) is 75.9 cm³/mol. The Morgan fingerprint density at radius 3 is 2.56 bits per heavy atom. The molecule has 0 bridgehead atoms. The van der Waals surface area contributed by atoms with E-state index in [4.69, 9.17) is 11.5 Å². The fourth-order valence-electron chi connectivity index (χ4n) is 1.75. The van der Waals surface area contributed by atoms with Crippen molar-refractivity contribution in [3.05, 3.63) is 23.8 Å². The van der Waals surface area contributed by atoms with Gasteiger partial charge in [-0.2, -0.15) is 0 Å². The number of nitrogen functional groups attached to an aromatic ring is 1. The third kappa shape index (κ3) is 3.61. The van der Waals surface area contributed by atoms with Crippen molar-refractivity contribution in [1.29, 1.82) is 0 Å². The SMILES string of the molecule is CCC(CCN)S(=O)(=O)Nc1ccc(N)c(C)c1. The zero-order chi connectivity index (χ0) is 13.8. The van der Waals surface area contributed by atoms with Gasteiger partial charge in [-0.3, -0.25) is 4.72 Å².